The average Bonchev–Trinajstić information content (AvgIpc) is 2.45. The summed E-state index contributed by atoms with van der Waals surface area (Å²) in [6.45, 7) is 3.72. The molecule has 19 heavy (non-hydrogen) atoms. The predicted molar refractivity (Wildman–Crippen MR) is 78.5 cm³/mol. The number of aliphatic hydroxyl groups excluding tert-OH is 1. The second kappa shape index (κ2) is 8.81. The van der Waals surface area contributed by atoms with Gasteiger partial charge >= 0.3 is 0 Å². The Morgan fingerprint density at radius 3 is 2.95 bits per heavy atom. The number of aliphatic hydroxyl groups is 1. The van der Waals surface area contributed by atoms with E-state index in [-0.39, 0.29) is 6.61 Å². The molecule has 0 spiro atoms. The van der Waals surface area contributed by atoms with Gasteiger partial charge in [0.15, 0.2) is 0 Å². The third-order valence-electron chi connectivity index (χ3n) is 2.62. The molecule has 0 amide bonds. The fourth-order valence-electron chi connectivity index (χ4n) is 1.44. The van der Waals surface area contributed by atoms with Gasteiger partial charge < -0.3 is 15.2 Å². The van der Waals surface area contributed by atoms with Crippen molar-refractivity contribution in [3.05, 3.63) is 29.8 Å². The Kier molecular flexibility index (Phi) is 7.34. The Bertz CT molecular complexity index is 420. The lowest BCUT2D eigenvalue weighted by atomic mass is 10.2. The van der Waals surface area contributed by atoms with E-state index in [1.165, 1.54) is 0 Å². The van der Waals surface area contributed by atoms with Gasteiger partial charge in [-0.2, -0.15) is 17.0 Å². The minimum Gasteiger partial charge on any atom is -0.491 e. The lowest BCUT2D eigenvalue weighted by molar-refractivity contribution is 0.106. The molecule has 1 aromatic carbocycles. The minimum absolute atomic E-state index is 0.218. The van der Waals surface area contributed by atoms with Crippen molar-refractivity contribution < 1.29 is 9.84 Å². The number of nitrogens with zero attached hydrogens (tertiary/aromatic N) is 1. The van der Waals surface area contributed by atoms with E-state index in [0.717, 1.165) is 6.54 Å². The molecule has 0 aliphatic rings. The molecule has 1 rings (SSSR count). The molecule has 2 atom stereocenters. The first-order valence-electron chi connectivity index (χ1n) is 6.20. The van der Waals surface area contributed by atoms with Gasteiger partial charge in [-0.3, -0.25) is 0 Å². The van der Waals surface area contributed by atoms with E-state index in [4.69, 9.17) is 10.00 Å². The molecule has 0 heterocycles. The Morgan fingerprint density at radius 1 is 1.47 bits per heavy atom. The van der Waals surface area contributed by atoms with Gasteiger partial charge in [-0.1, -0.05) is 13.0 Å². The topological polar surface area (TPSA) is 65.3 Å². The van der Waals surface area contributed by atoms with Crippen LogP contribution in [0.25, 0.3) is 0 Å². The van der Waals surface area contributed by atoms with Crippen LogP contribution in [-0.2, 0) is 0 Å². The Balaban J connectivity index is 2.26. The number of benzene rings is 1. The molecule has 0 saturated carbocycles. The van der Waals surface area contributed by atoms with Gasteiger partial charge in [0, 0.05) is 18.3 Å². The fraction of sp³-hybridized carbons (Fsp3) is 0.500. The number of ether oxygens (including phenoxy) is 1. The Hall–Kier alpha value is -1.22. The van der Waals surface area contributed by atoms with E-state index >= 15 is 0 Å². The number of nitriles is 1. The van der Waals surface area contributed by atoms with Crippen molar-refractivity contribution in [1.82, 2.24) is 5.32 Å². The van der Waals surface area contributed by atoms with E-state index in [1.807, 2.05) is 0 Å². The second-order valence-electron chi connectivity index (χ2n) is 4.31. The van der Waals surface area contributed by atoms with Crippen LogP contribution in [0.2, 0.25) is 0 Å². The normalized spacial score (nSPS) is 13.6. The largest absolute Gasteiger partial charge is 0.491 e. The zero-order valence-corrected chi connectivity index (χ0v) is 12.1. The molecule has 0 saturated heterocycles. The first-order valence-corrected chi connectivity index (χ1v) is 7.49. The van der Waals surface area contributed by atoms with E-state index < -0.39 is 6.10 Å². The molecule has 0 fully saturated rings. The number of nitrogens with one attached hydrogen (secondary N) is 1. The van der Waals surface area contributed by atoms with Crippen LogP contribution in [0.1, 0.15) is 12.5 Å². The zero-order chi connectivity index (χ0) is 14.1. The van der Waals surface area contributed by atoms with Crippen LogP contribution in [0.3, 0.4) is 0 Å². The van der Waals surface area contributed by atoms with Gasteiger partial charge in [0.1, 0.15) is 18.5 Å². The quantitative estimate of drug-likeness (QED) is 0.758. The van der Waals surface area contributed by atoms with E-state index in [2.05, 4.69) is 24.6 Å². The third kappa shape index (κ3) is 6.48. The van der Waals surface area contributed by atoms with Gasteiger partial charge in [-0.25, -0.2) is 0 Å². The highest BCUT2D eigenvalue weighted by molar-refractivity contribution is 7.99. The SMILES string of the molecule is CSC(C)CNCC(O)COc1cccc(C#N)c1. The minimum atomic E-state index is -0.556. The van der Waals surface area contributed by atoms with Crippen molar-refractivity contribution in [2.75, 3.05) is 26.0 Å². The molecule has 0 aliphatic carbocycles. The second-order valence-corrected chi connectivity index (χ2v) is 5.59. The third-order valence-corrected chi connectivity index (χ3v) is 3.59. The maximum absolute atomic E-state index is 9.76. The Labute approximate surface area is 118 Å². The Morgan fingerprint density at radius 2 is 2.26 bits per heavy atom. The lowest BCUT2D eigenvalue weighted by Gasteiger charge is -2.15. The molecular weight excluding hydrogens is 260 g/mol. The summed E-state index contributed by atoms with van der Waals surface area (Å²) in [5.74, 6) is 0.607. The summed E-state index contributed by atoms with van der Waals surface area (Å²) in [6.07, 6.45) is 1.51. The van der Waals surface area contributed by atoms with E-state index in [1.54, 1.807) is 36.0 Å². The maximum atomic E-state index is 9.76. The molecular formula is C14H20N2O2S. The molecule has 104 valence electrons. The first-order chi connectivity index (χ1) is 9.15. The molecule has 0 radical (unpaired) electrons. The maximum Gasteiger partial charge on any atom is 0.120 e. The molecule has 1 aromatic rings. The summed E-state index contributed by atoms with van der Waals surface area (Å²) in [5, 5.41) is 22.2. The summed E-state index contributed by atoms with van der Waals surface area (Å²) in [7, 11) is 0. The van der Waals surface area contributed by atoms with Crippen LogP contribution >= 0.6 is 11.8 Å². The van der Waals surface area contributed by atoms with Gasteiger partial charge in [0.05, 0.1) is 11.6 Å². The van der Waals surface area contributed by atoms with Crippen LogP contribution in [-0.4, -0.2) is 42.4 Å². The number of hydrogen-bond acceptors (Lipinski definition) is 5. The summed E-state index contributed by atoms with van der Waals surface area (Å²) in [5.41, 5.74) is 0.555. The highest BCUT2D eigenvalue weighted by atomic mass is 32.2. The average molecular weight is 280 g/mol. The predicted octanol–water partition coefficient (Wildman–Crippen LogP) is 1.64. The zero-order valence-electron chi connectivity index (χ0n) is 11.3. The molecule has 2 N–H and O–H groups in total. The van der Waals surface area contributed by atoms with Crippen molar-refractivity contribution in [1.29, 1.82) is 5.26 Å². The van der Waals surface area contributed by atoms with Crippen LogP contribution in [0.5, 0.6) is 5.75 Å². The summed E-state index contributed by atoms with van der Waals surface area (Å²) < 4.78 is 5.45. The van der Waals surface area contributed by atoms with Crippen molar-refractivity contribution in [3.8, 4) is 11.8 Å². The summed E-state index contributed by atoms with van der Waals surface area (Å²) >= 11 is 1.78. The van der Waals surface area contributed by atoms with E-state index in [9.17, 15) is 5.11 Å². The van der Waals surface area contributed by atoms with Crippen molar-refractivity contribution in [3.63, 3.8) is 0 Å². The smallest absolute Gasteiger partial charge is 0.120 e. The molecule has 4 nitrogen and oxygen atoms in total. The molecule has 5 heteroatoms. The van der Waals surface area contributed by atoms with Gasteiger partial charge in [0.2, 0.25) is 0 Å². The van der Waals surface area contributed by atoms with Crippen molar-refractivity contribution in [2.45, 2.75) is 18.3 Å². The molecule has 0 bridgehead atoms. The summed E-state index contributed by atoms with van der Waals surface area (Å²) in [6, 6.07) is 8.97. The fourth-order valence-corrected chi connectivity index (χ4v) is 1.73. The van der Waals surface area contributed by atoms with Crippen molar-refractivity contribution in [2.24, 2.45) is 0 Å². The standard InChI is InChI=1S/C14H20N2O2S/c1-11(19-2)8-16-9-13(17)10-18-14-5-3-4-12(6-14)7-15/h3-6,11,13,16-17H,8-10H2,1-2H3. The lowest BCUT2D eigenvalue weighted by Crippen LogP contribution is -2.34. The van der Waals surface area contributed by atoms with Crippen LogP contribution in [0.15, 0.2) is 24.3 Å². The number of rotatable bonds is 8. The molecule has 0 aliphatic heterocycles. The van der Waals surface area contributed by atoms with Gasteiger partial charge in [-0.15, -0.1) is 0 Å². The number of hydrogen-bond donors (Lipinski definition) is 2. The highest BCUT2D eigenvalue weighted by Crippen LogP contribution is 2.12. The van der Waals surface area contributed by atoms with Gasteiger partial charge in [-0.05, 0) is 24.5 Å². The molecule has 0 aromatic heterocycles. The highest BCUT2D eigenvalue weighted by Gasteiger charge is 2.06. The van der Waals surface area contributed by atoms with E-state index in [0.29, 0.717) is 23.1 Å². The van der Waals surface area contributed by atoms with Crippen LogP contribution in [0, 0.1) is 11.3 Å². The van der Waals surface area contributed by atoms with Crippen LogP contribution in [0.4, 0.5) is 0 Å². The van der Waals surface area contributed by atoms with Crippen molar-refractivity contribution >= 4 is 11.8 Å². The first kappa shape index (κ1) is 15.8. The summed E-state index contributed by atoms with van der Waals surface area (Å²) in [4.78, 5) is 0. The van der Waals surface area contributed by atoms with Gasteiger partial charge in [0.25, 0.3) is 0 Å². The number of thioether (sulfide) groups is 1. The van der Waals surface area contributed by atoms with Crippen LogP contribution < -0.4 is 10.1 Å². The monoisotopic (exact) mass is 280 g/mol. The molecule has 2 unspecified atom stereocenters.